The first kappa shape index (κ1) is 17.0. The number of nitrogens with one attached hydrogen (secondary N) is 1. The van der Waals surface area contributed by atoms with Crippen molar-refractivity contribution in [3.8, 4) is 0 Å². The van der Waals surface area contributed by atoms with Gasteiger partial charge in [0.15, 0.2) is 0 Å². The van der Waals surface area contributed by atoms with Crippen LogP contribution in [0.15, 0.2) is 22.7 Å². The van der Waals surface area contributed by atoms with Crippen LogP contribution in [-0.4, -0.2) is 17.3 Å². The topological polar surface area (TPSA) is 29.1 Å². The van der Waals surface area contributed by atoms with Crippen molar-refractivity contribution in [2.24, 2.45) is 5.41 Å². The van der Waals surface area contributed by atoms with Gasteiger partial charge in [0, 0.05) is 21.4 Å². The Morgan fingerprint density at radius 1 is 1.42 bits per heavy atom. The molecule has 0 spiro atoms. The predicted molar refractivity (Wildman–Crippen MR) is 88.3 cm³/mol. The summed E-state index contributed by atoms with van der Waals surface area (Å²) in [6.45, 7) is 7.15. The molecule has 0 heterocycles. The van der Waals surface area contributed by atoms with Crippen LogP contribution in [0.5, 0.6) is 0 Å². The number of carbonyl (C=O) groups is 1. The Morgan fingerprint density at radius 2 is 2.05 bits per heavy atom. The lowest BCUT2D eigenvalue weighted by Crippen LogP contribution is -2.31. The molecule has 106 valence electrons. The van der Waals surface area contributed by atoms with E-state index in [0.717, 1.165) is 10.9 Å². The number of benzene rings is 1. The zero-order valence-electron chi connectivity index (χ0n) is 11.3. The molecule has 0 aliphatic carbocycles. The number of hydrogen-bond donors (Lipinski definition) is 1. The SMILES string of the molecule is CC(C)(C)CC(Br)CNC(=O)c1ccc(Cl)c(Br)c1. The highest BCUT2D eigenvalue weighted by Crippen LogP contribution is 2.25. The summed E-state index contributed by atoms with van der Waals surface area (Å²) in [6, 6.07) is 5.15. The summed E-state index contributed by atoms with van der Waals surface area (Å²) in [7, 11) is 0. The lowest BCUT2D eigenvalue weighted by atomic mass is 9.90. The number of rotatable bonds is 4. The summed E-state index contributed by atoms with van der Waals surface area (Å²) in [5, 5.41) is 3.52. The zero-order chi connectivity index (χ0) is 14.6. The second kappa shape index (κ2) is 7.09. The summed E-state index contributed by atoms with van der Waals surface area (Å²) in [5.74, 6) is -0.0873. The van der Waals surface area contributed by atoms with E-state index in [4.69, 9.17) is 11.6 Å². The van der Waals surface area contributed by atoms with Gasteiger partial charge in [0.25, 0.3) is 5.91 Å². The molecule has 1 aromatic rings. The minimum absolute atomic E-state index is 0.0873. The van der Waals surface area contributed by atoms with Crippen LogP contribution >= 0.6 is 43.5 Å². The maximum atomic E-state index is 12.0. The third-order valence-corrected chi connectivity index (χ3v) is 4.36. The first-order chi connectivity index (χ1) is 8.69. The second-order valence-electron chi connectivity index (χ2n) is 5.70. The van der Waals surface area contributed by atoms with Crippen LogP contribution in [0.25, 0.3) is 0 Å². The van der Waals surface area contributed by atoms with Gasteiger partial charge >= 0.3 is 0 Å². The molecule has 0 aliphatic heterocycles. The molecule has 1 N–H and O–H groups in total. The van der Waals surface area contributed by atoms with Crippen molar-refractivity contribution >= 4 is 49.4 Å². The summed E-state index contributed by atoms with van der Waals surface area (Å²) >= 11 is 12.8. The summed E-state index contributed by atoms with van der Waals surface area (Å²) < 4.78 is 0.729. The molecule has 0 bridgehead atoms. The van der Waals surface area contributed by atoms with E-state index in [0.29, 0.717) is 17.1 Å². The lowest BCUT2D eigenvalue weighted by Gasteiger charge is -2.22. The highest BCUT2D eigenvalue weighted by Gasteiger charge is 2.17. The van der Waals surface area contributed by atoms with Gasteiger partial charge in [-0.15, -0.1) is 0 Å². The number of halogens is 3. The van der Waals surface area contributed by atoms with E-state index in [-0.39, 0.29) is 16.1 Å². The quantitative estimate of drug-likeness (QED) is 0.692. The maximum Gasteiger partial charge on any atom is 0.251 e. The molecular formula is C14H18Br2ClNO. The Kier molecular flexibility index (Phi) is 6.34. The van der Waals surface area contributed by atoms with Crippen LogP contribution in [0.2, 0.25) is 5.02 Å². The van der Waals surface area contributed by atoms with Gasteiger partial charge in [-0.25, -0.2) is 0 Å². The third kappa shape index (κ3) is 6.28. The number of hydrogen-bond acceptors (Lipinski definition) is 1. The molecule has 1 rings (SSSR count). The fraction of sp³-hybridized carbons (Fsp3) is 0.500. The third-order valence-electron chi connectivity index (χ3n) is 2.50. The van der Waals surface area contributed by atoms with Gasteiger partial charge < -0.3 is 5.32 Å². The van der Waals surface area contributed by atoms with E-state index >= 15 is 0 Å². The monoisotopic (exact) mass is 409 g/mol. The molecule has 0 saturated heterocycles. The van der Waals surface area contributed by atoms with Crippen LogP contribution < -0.4 is 5.32 Å². The van der Waals surface area contributed by atoms with Crippen molar-refractivity contribution < 1.29 is 4.79 Å². The van der Waals surface area contributed by atoms with Crippen molar-refractivity contribution in [1.29, 1.82) is 0 Å². The van der Waals surface area contributed by atoms with Crippen molar-refractivity contribution in [2.75, 3.05) is 6.54 Å². The van der Waals surface area contributed by atoms with Crippen molar-refractivity contribution in [3.05, 3.63) is 33.3 Å². The zero-order valence-corrected chi connectivity index (χ0v) is 15.2. The highest BCUT2D eigenvalue weighted by atomic mass is 79.9. The maximum absolute atomic E-state index is 12.0. The normalized spacial score (nSPS) is 13.2. The van der Waals surface area contributed by atoms with Crippen LogP contribution in [0.1, 0.15) is 37.6 Å². The fourth-order valence-electron chi connectivity index (χ4n) is 1.68. The molecule has 0 aliphatic rings. The Morgan fingerprint density at radius 3 is 2.58 bits per heavy atom. The largest absolute Gasteiger partial charge is 0.351 e. The van der Waals surface area contributed by atoms with Gasteiger partial charge in [-0.3, -0.25) is 4.79 Å². The minimum Gasteiger partial charge on any atom is -0.351 e. The molecule has 1 amide bonds. The Hall–Kier alpha value is -0.0600. The van der Waals surface area contributed by atoms with E-state index in [1.54, 1.807) is 18.2 Å². The van der Waals surface area contributed by atoms with Gasteiger partial charge in [-0.05, 0) is 46.0 Å². The number of amides is 1. The Bertz CT molecular complexity index is 457. The summed E-state index contributed by atoms with van der Waals surface area (Å²) in [5.41, 5.74) is 0.842. The smallest absolute Gasteiger partial charge is 0.251 e. The first-order valence-corrected chi connectivity index (χ1v) is 8.15. The van der Waals surface area contributed by atoms with E-state index in [9.17, 15) is 4.79 Å². The number of carbonyl (C=O) groups excluding carboxylic acids is 1. The Balaban J connectivity index is 2.53. The molecule has 0 fully saturated rings. The first-order valence-electron chi connectivity index (χ1n) is 6.06. The van der Waals surface area contributed by atoms with Crippen LogP contribution in [0, 0.1) is 5.41 Å². The number of alkyl halides is 1. The molecule has 0 saturated carbocycles. The van der Waals surface area contributed by atoms with Crippen molar-refractivity contribution in [3.63, 3.8) is 0 Å². The standard InChI is InChI=1S/C14H18Br2ClNO/c1-14(2,3)7-10(15)8-18-13(19)9-4-5-12(17)11(16)6-9/h4-6,10H,7-8H2,1-3H3,(H,18,19). The van der Waals surface area contributed by atoms with Crippen molar-refractivity contribution in [2.45, 2.75) is 32.0 Å². The predicted octanol–water partition coefficient (Wildman–Crippen LogP) is 5.03. The average Bonchev–Trinajstić information content (AvgIpc) is 2.27. The lowest BCUT2D eigenvalue weighted by molar-refractivity contribution is 0.0952. The molecule has 0 radical (unpaired) electrons. The molecule has 1 unspecified atom stereocenters. The Labute approximate surface area is 136 Å². The van der Waals surface area contributed by atoms with Gasteiger partial charge in [-0.2, -0.15) is 0 Å². The average molecular weight is 412 g/mol. The molecular weight excluding hydrogens is 393 g/mol. The molecule has 5 heteroatoms. The van der Waals surface area contributed by atoms with Crippen LogP contribution in [0.4, 0.5) is 0 Å². The van der Waals surface area contributed by atoms with Crippen LogP contribution in [0.3, 0.4) is 0 Å². The van der Waals surface area contributed by atoms with Gasteiger partial charge in [0.05, 0.1) is 5.02 Å². The van der Waals surface area contributed by atoms with Gasteiger partial charge in [0.1, 0.15) is 0 Å². The van der Waals surface area contributed by atoms with E-state index in [2.05, 4.69) is 57.9 Å². The molecule has 2 nitrogen and oxygen atoms in total. The van der Waals surface area contributed by atoms with Gasteiger partial charge in [-0.1, -0.05) is 48.3 Å². The summed E-state index contributed by atoms with van der Waals surface area (Å²) in [6.07, 6.45) is 0.998. The molecule has 0 aromatic heterocycles. The van der Waals surface area contributed by atoms with Crippen LogP contribution in [-0.2, 0) is 0 Å². The van der Waals surface area contributed by atoms with Gasteiger partial charge in [0.2, 0.25) is 0 Å². The fourth-order valence-corrected chi connectivity index (χ4v) is 3.31. The minimum atomic E-state index is -0.0873. The van der Waals surface area contributed by atoms with E-state index in [1.165, 1.54) is 0 Å². The van der Waals surface area contributed by atoms with E-state index < -0.39 is 0 Å². The summed E-state index contributed by atoms with van der Waals surface area (Å²) in [4.78, 5) is 12.3. The molecule has 1 atom stereocenters. The molecule has 1 aromatic carbocycles. The second-order valence-corrected chi connectivity index (χ2v) is 8.26. The highest BCUT2D eigenvalue weighted by molar-refractivity contribution is 9.10. The molecule has 19 heavy (non-hydrogen) atoms. The van der Waals surface area contributed by atoms with E-state index in [1.807, 2.05) is 0 Å². The van der Waals surface area contributed by atoms with Crippen molar-refractivity contribution in [1.82, 2.24) is 5.32 Å².